The van der Waals surface area contributed by atoms with Gasteiger partial charge in [0.1, 0.15) is 11.9 Å². The maximum atomic E-state index is 14.4. The fourth-order valence-electron chi connectivity index (χ4n) is 2.44. The second-order valence-corrected chi connectivity index (χ2v) is 5.63. The van der Waals surface area contributed by atoms with E-state index in [0.29, 0.717) is 11.1 Å². The SMILES string of the molecule is CC[C@H](NC(=O)[C@@H](C)c1ccc(-c2ccccc2)c(F)c1)C(=O)O. The molecule has 24 heavy (non-hydrogen) atoms. The number of benzene rings is 2. The van der Waals surface area contributed by atoms with Gasteiger partial charge in [0, 0.05) is 5.56 Å². The van der Waals surface area contributed by atoms with E-state index in [2.05, 4.69) is 5.32 Å². The first kappa shape index (κ1) is 17.7. The van der Waals surface area contributed by atoms with E-state index >= 15 is 0 Å². The Kier molecular flexibility index (Phi) is 5.68. The van der Waals surface area contributed by atoms with E-state index in [-0.39, 0.29) is 6.42 Å². The van der Waals surface area contributed by atoms with Gasteiger partial charge in [0.25, 0.3) is 0 Å². The van der Waals surface area contributed by atoms with Crippen molar-refractivity contribution in [3.8, 4) is 11.1 Å². The van der Waals surface area contributed by atoms with Gasteiger partial charge in [0.2, 0.25) is 5.91 Å². The van der Waals surface area contributed by atoms with Gasteiger partial charge in [-0.1, -0.05) is 49.4 Å². The van der Waals surface area contributed by atoms with Crippen molar-refractivity contribution in [2.45, 2.75) is 32.2 Å². The molecule has 5 heteroatoms. The number of rotatable bonds is 6. The third-order valence-electron chi connectivity index (χ3n) is 3.99. The van der Waals surface area contributed by atoms with Crippen molar-refractivity contribution in [1.82, 2.24) is 5.32 Å². The number of carboxylic acids is 1. The van der Waals surface area contributed by atoms with Gasteiger partial charge in [-0.3, -0.25) is 4.79 Å². The molecule has 0 saturated heterocycles. The van der Waals surface area contributed by atoms with Crippen molar-refractivity contribution in [3.63, 3.8) is 0 Å². The number of hydrogen-bond acceptors (Lipinski definition) is 2. The highest BCUT2D eigenvalue weighted by Crippen LogP contribution is 2.26. The van der Waals surface area contributed by atoms with Gasteiger partial charge in [-0.25, -0.2) is 9.18 Å². The van der Waals surface area contributed by atoms with E-state index in [1.165, 1.54) is 6.07 Å². The molecule has 0 aliphatic rings. The fraction of sp³-hybridized carbons (Fsp3) is 0.263. The van der Waals surface area contributed by atoms with Gasteiger partial charge >= 0.3 is 5.97 Å². The van der Waals surface area contributed by atoms with Crippen molar-refractivity contribution in [2.75, 3.05) is 0 Å². The smallest absolute Gasteiger partial charge is 0.326 e. The number of hydrogen-bond donors (Lipinski definition) is 2. The molecule has 0 aliphatic carbocycles. The first-order chi connectivity index (χ1) is 11.4. The summed E-state index contributed by atoms with van der Waals surface area (Å²) in [5.41, 5.74) is 1.73. The van der Waals surface area contributed by atoms with Crippen LogP contribution in [0.15, 0.2) is 48.5 Å². The van der Waals surface area contributed by atoms with Crippen LogP contribution in [0.3, 0.4) is 0 Å². The summed E-state index contributed by atoms with van der Waals surface area (Å²) in [5, 5.41) is 11.5. The lowest BCUT2D eigenvalue weighted by Crippen LogP contribution is -2.42. The molecular formula is C19H20FNO3. The van der Waals surface area contributed by atoms with E-state index in [9.17, 15) is 14.0 Å². The summed E-state index contributed by atoms with van der Waals surface area (Å²) in [6.45, 7) is 3.30. The van der Waals surface area contributed by atoms with Gasteiger partial charge in [0.15, 0.2) is 0 Å². The van der Waals surface area contributed by atoms with Crippen molar-refractivity contribution >= 4 is 11.9 Å². The number of carboxylic acid groups (broad SMARTS) is 1. The molecule has 0 unspecified atom stereocenters. The molecule has 0 aromatic heterocycles. The number of nitrogens with one attached hydrogen (secondary N) is 1. The molecule has 126 valence electrons. The molecular weight excluding hydrogens is 309 g/mol. The van der Waals surface area contributed by atoms with Crippen LogP contribution in [0.2, 0.25) is 0 Å². The van der Waals surface area contributed by atoms with Crippen molar-refractivity contribution in [2.24, 2.45) is 0 Å². The van der Waals surface area contributed by atoms with Crippen LogP contribution in [-0.4, -0.2) is 23.0 Å². The maximum absolute atomic E-state index is 14.4. The minimum atomic E-state index is -1.08. The summed E-state index contributed by atoms with van der Waals surface area (Å²) in [4.78, 5) is 23.2. The highest BCUT2D eigenvalue weighted by Gasteiger charge is 2.23. The van der Waals surface area contributed by atoms with Crippen LogP contribution in [-0.2, 0) is 9.59 Å². The zero-order chi connectivity index (χ0) is 17.7. The Balaban J connectivity index is 2.19. The number of halogens is 1. The zero-order valence-corrected chi connectivity index (χ0v) is 13.6. The Bertz CT molecular complexity index is 731. The third-order valence-corrected chi connectivity index (χ3v) is 3.99. The fourth-order valence-corrected chi connectivity index (χ4v) is 2.44. The van der Waals surface area contributed by atoms with Gasteiger partial charge in [-0.15, -0.1) is 0 Å². The van der Waals surface area contributed by atoms with Crippen molar-refractivity contribution < 1.29 is 19.1 Å². The van der Waals surface area contributed by atoms with Crippen molar-refractivity contribution in [1.29, 1.82) is 0 Å². The summed E-state index contributed by atoms with van der Waals surface area (Å²) >= 11 is 0. The highest BCUT2D eigenvalue weighted by atomic mass is 19.1. The minimum absolute atomic E-state index is 0.287. The standard InChI is InChI=1S/C19H20FNO3/c1-3-17(19(23)24)21-18(22)12(2)14-9-10-15(16(20)11-14)13-7-5-4-6-8-13/h4-12,17H,3H2,1-2H3,(H,21,22)(H,23,24)/t12-,17-/m0/s1. The topological polar surface area (TPSA) is 66.4 Å². The lowest BCUT2D eigenvalue weighted by atomic mass is 9.96. The first-order valence-corrected chi connectivity index (χ1v) is 7.82. The van der Waals surface area contributed by atoms with Crippen LogP contribution in [0.5, 0.6) is 0 Å². The minimum Gasteiger partial charge on any atom is -0.480 e. The Morgan fingerprint density at radius 2 is 1.83 bits per heavy atom. The normalized spacial score (nSPS) is 13.1. The Morgan fingerprint density at radius 3 is 2.38 bits per heavy atom. The molecule has 2 aromatic carbocycles. The average Bonchev–Trinajstić information content (AvgIpc) is 2.59. The summed E-state index contributed by atoms with van der Waals surface area (Å²) in [6.07, 6.45) is 0.287. The molecule has 0 radical (unpaired) electrons. The van der Waals surface area contributed by atoms with E-state index in [1.807, 2.05) is 30.3 Å². The summed E-state index contributed by atoms with van der Waals surface area (Å²) in [6, 6.07) is 12.9. The molecule has 0 saturated carbocycles. The van der Waals surface area contributed by atoms with E-state index in [0.717, 1.165) is 5.56 Å². The number of carbonyl (C=O) groups is 2. The monoisotopic (exact) mass is 329 g/mol. The number of aliphatic carboxylic acids is 1. The molecule has 0 spiro atoms. The van der Waals surface area contributed by atoms with E-state index in [4.69, 9.17) is 5.11 Å². The van der Waals surface area contributed by atoms with Gasteiger partial charge in [-0.2, -0.15) is 0 Å². The van der Waals surface area contributed by atoms with Gasteiger partial charge in [0.05, 0.1) is 5.92 Å². The summed E-state index contributed by atoms with van der Waals surface area (Å²) < 4.78 is 14.4. The quantitative estimate of drug-likeness (QED) is 0.851. The van der Waals surface area contributed by atoms with Crippen LogP contribution < -0.4 is 5.32 Å². The van der Waals surface area contributed by atoms with Crippen molar-refractivity contribution in [3.05, 3.63) is 59.9 Å². The molecule has 2 atom stereocenters. The molecule has 0 aliphatic heterocycles. The van der Waals surface area contributed by atoms with Crippen LogP contribution in [0.4, 0.5) is 4.39 Å². The second-order valence-electron chi connectivity index (χ2n) is 5.63. The van der Waals surface area contributed by atoms with E-state index < -0.39 is 29.7 Å². The molecule has 0 bridgehead atoms. The number of amides is 1. The molecule has 2 aromatic rings. The summed E-state index contributed by atoms with van der Waals surface area (Å²) in [7, 11) is 0. The van der Waals surface area contributed by atoms with Gasteiger partial charge < -0.3 is 10.4 Å². The van der Waals surface area contributed by atoms with Crippen LogP contribution in [0.25, 0.3) is 11.1 Å². The third kappa shape index (κ3) is 3.98. The lowest BCUT2D eigenvalue weighted by molar-refractivity contribution is -0.142. The average molecular weight is 329 g/mol. The maximum Gasteiger partial charge on any atom is 0.326 e. The predicted octanol–water partition coefficient (Wildman–Crippen LogP) is 3.58. The molecule has 0 fully saturated rings. The molecule has 1 amide bonds. The molecule has 0 heterocycles. The van der Waals surface area contributed by atoms with E-state index in [1.54, 1.807) is 26.0 Å². The predicted molar refractivity (Wildman–Crippen MR) is 90.1 cm³/mol. The zero-order valence-electron chi connectivity index (χ0n) is 13.6. The van der Waals surface area contributed by atoms with Gasteiger partial charge in [-0.05, 0) is 30.5 Å². The second kappa shape index (κ2) is 7.73. The highest BCUT2D eigenvalue weighted by molar-refractivity contribution is 5.88. The summed E-state index contributed by atoms with van der Waals surface area (Å²) in [5.74, 6) is -2.57. The van der Waals surface area contributed by atoms with Crippen LogP contribution in [0.1, 0.15) is 31.7 Å². The molecule has 2 N–H and O–H groups in total. The van der Waals surface area contributed by atoms with Crippen LogP contribution in [0, 0.1) is 5.82 Å². The molecule has 4 nitrogen and oxygen atoms in total. The molecule has 2 rings (SSSR count). The number of carbonyl (C=O) groups excluding carboxylic acids is 1. The lowest BCUT2D eigenvalue weighted by Gasteiger charge is -2.17. The Labute approximate surface area is 140 Å². The Morgan fingerprint density at radius 1 is 1.17 bits per heavy atom. The first-order valence-electron chi connectivity index (χ1n) is 7.82. The van der Waals surface area contributed by atoms with Crippen LogP contribution >= 0.6 is 0 Å². The Hall–Kier alpha value is -2.69. The largest absolute Gasteiger partial charge is 0.480 e.